The Kier molecular flexibility index (Phi) is 2.92. The van der Waals surface area contributed by atoms with Crippen molar-refractivity contribution >= 4 is 38.2 Å². The Morgan fingerprint density at radius 2 is 1.96 bits per heavy atom. The van der Waals surface area contributed by atoms with E-state index in [0.717, 1.165) is 10.9 Å². The fourth-order valence-electron chi connectivity index (χ4n) is 2.75. The molecule has 0 bridgehead atoms. The van der Waals surface area contributed by atoms with E-state index in [1.54, 1.807) is 24.4 Å². The number of benzene rings is 2. The van der Waals surface area contributed by atoms with Gasteiger partial charge in [0.25, 0.3) is 10.0 Å². The first-order valence-electron chi connectivity index (χ1n) is 7.05. The second-order valence-electron chi connectivity index (χ2n) is 5.39. The van der Waals surface area contributed by atoms with Crippen LogP contribution in [0.5, 0.6) is 0 Å². The second kappa shape index (κ2) is 4.85. The standard InChI is InChI=1S/C16H13N3O3S/c20-16-9-10-8-11(4-5-13(10)18-16)23(21,22)19-15-3-1-2-14-12(15)6-7-17-14/h1-8,17,19H,9H2,(H,18,20). The Labute approximate surface area is 132 Å². The number of amides is 1. The lowest BCUT2D eigenvalue weighted by atomic mass is 10.2. The van der Waals surface area contributed by atoms with Gasteiger partial charge >= 0.3 is 0 Å². The van der Waals surface area contributed by atoms with Crippen molar-refractivity contribution in [3.05, 3.63) is 54.2 Å². The lowest BCUT2D eigenvalue weighted by molar-refractivity contribution is -0.115. The highest BCUT2D eigenvalue weighted by atomic mass is 32.2. The average molecular weight is 327 g/mol. The van der Waals surface area contributed by atoms with Crippen molar-refractivity contribution < 1.29 is 13.2 Å². The van der Waals surface area contributed by atoms with Gasteiger partial charge in [0.05, 0.1) is 17.0 Å². The number of rotatable bonds is 3. The maximum atomic E-state index is 12.6. The Morgan fingerprint density at radius 3 is 2.83 bits per heavy atom. The van der Waals surface area contributed by atoms with Crippen molar-refractivity contribution in [1.29, 1.82) is 0 Å². The number of carbonyl (C=O) groups is 1. The highest BCUT2D eigenvalue weighted by Gasteiger charge is 2.22. The third-order valence-corrected chi connectivity index (χ3v) is 5.21. The summed E-state index contributed by atoms with van der Waals surface area (Å²) in [5.74, 6) is -0.125. The summed E-state index contributed by atoms with van der Waals surface area (Å²) in [6, 6.07) is 11.8. The highest BCUT2D eigenvalue weighted by molar-refractivity contribution is 7.92. The average Bonchev–Trinajstić information content (AvgIpc) is 3.11. The van der Waals surface area contributed by atoms with Crippen LogP contribution in [0.15, 0.2) is 53.6 Å². The van der Waals surface area contributed by atoms with E-state index in [-0.39, 0.29) is 17.2 Å². The van der Waals surface area contributed by atoms with E-state index in [1.165, 1.54) is 12.1 Å². The fraction of sp³-hybridized carbons (Fsp3) is 0.0625. The molecule has 2 heterocycles. The summed E-state index contributed by atoms with van der Waals surface area (Å²) in [6.45, 7) is 0. The molecule has 0 saturated heterocycles. The lowest BCUT2D eigenvalue weighted by Gasteiger charge is -2.10. The molecule has 4 rings (SSSR count). The van der Waals surface area contributed by atoms with Gasteiger partial charge in [-0.25, -0.2) is 8.42 Å². The number of sulfonamides is 1. The van der Waals surface area contributed by atoms with E-state index in [4.69, 9.17) is 0 Å². The predicted molar refractivity (Wildman–Crippen MR) is 87.9 cm³/mol. The van der Waals surface area contributed by atoms with Gasteiger partial charge in [0.1, 0.15) is 0 Å². The first-order valence-corrected chi connectivity index (χ1v) is 8.53. The van der Waals surface area contributed by atoms with E-state index in [0.29, 0.717) is 16.9 Å². The highest BCUT2D eigenvalue weighted by Crippen LogP contribution is 2.28. The summed E-state index contributed by atoms with van der Waals surface area (Å²) in [5.41, 5.74) is 2.73. The Bertz CT molecular complexity index is 1040. The molecule has 2 aromatic carbocycles. The normalized spacial score (nSPS) is 13.8. The van der Waals surface area contributed by atoms with Crippen LogP contribution in [0.1, 0.15) is 5.56 Å². The van der Waals surface area contributed by atoms with Gasteiger partial charge in [0.15, 0.2) is 0 Å². The number of anilines is 2. The quantitative estimate of drug-likeness (QED) is 0.690. The summed E-state index contributed by atoms with van der Waals surface area (Å²) >= 11 is 0. The topological polar surface area (TPSA) is 91.1 Å². The zero-order valence-corrected chi connectivity index (χ0v) is 12.8. The van der Waals surface area contributed by atoms with Gasteiger partial charge in [-0.15, -0.1) is 0 Å². The monoisotopic (exact) mass is 327 g/mol. The summed E-state index contributed by atoms with van der Waals surface area (Å²) < 4.78 is 27.9. The van der Waals surface area contributed by atoms with Crippen LogP contribution in [0, 0.1) is 0 Å². The van der Waals surface area contributed by atoms with Gasteiger partial charge in [0, 0.05) is 22.8 Å². The van der Waals surface area contributed by atoms with Crippen LogP contribution in [0.3, 0.4) is 0 Å². The Hall–Kier alpha value is -2.80. The van der Waals surface area contributed by atoms with Crippen molar-refractivity contribution in [3.8, 4) is 0 Å². The molecule has 1 aliphatic heterocycles. The third-order valence-electron chi connectivity index (χ3n) is 3.85. The molecule has 0 unspecified atom stereocenters. The maximum absolute atomic E-state index is 12.6. The largest absolute Gasteiger partial charge is 0.361 e. The van der Waals surface area contributed by atoms with Gasteiger partial charge in [-0.2, -0.15) is 0 Å². The molecular weight excluding hydrogens is 314 g/mol. The van der Waals surface area contributed by atoms with E-state index in [9.17, 15) is 13.2 Å². The van der Waals surface area contributed by atoms with Crippen molar-refractivity contribution in [2.24, 2.45) is 0 Å². The Balaban J connectivity index is 1.73. The number of aromatic amines is 1. The summed E-state index contributed by atoms with van der Waals surface area (Å²) in [6.07, 6.45) is 1.96. The molecule has 1 aliphatic rings. The molecule has 0 aliphatic carbocycles. The molecule has 1 aromatic heterocycles. The first kappa shape index (κ1) is 13.8. The van der Waals surface area contributed by atoms with E-state index < -0.39 is 10.0 Å². The molecule has 1 amide bonds. The summed E-state index contributed by atoms with van der Waals surface area (Å²) in [7, 11) is -3.72. The number of hydrogen-bond donors (Lipinski definition) is 3. The van der Waals surface area contributed by atoms with Gasteiger partial charge in [0.2, 0.25) is 5.91 Å². The number of carbonyl (C=O) groups excluding carboxylic acids is 1. The van der Waals surface area contributed by atoms with Crippen LogP contribution < -0.4 is 10.0 Å². The van der Waals surface area contributed by atoms with Crippen LogP contribution in [0.2, 0.25) is 0 Å². The molecule has 0 fully saturated rings. The minimum absolute atomic E-state index is 0.125. The van der Waals surface area contributed by atoms with Crippen LogP contribution in [-0.2, 0) is 21.2 Å². The molecule has 7 heteroatoms. The van der Waals surface area contributed by atoms with E-state index >= 15 is 0 Å². The molecule has 0 spiro atoms. The molecular formula is C16H13N3O3S. The molecule has 6 nitrogen and oxygen atoms in total. The van der Waals surface area contributed by atoms with Gasteiger partial charge in [-0.3, -0.25) is 9.52 Å². The molecule has 0 radical (unpaired) electrons. The summed E-state index contributed by atoms with van der Waals surface area (Å²) in [4.78, 5) is 14.6. The maximum Gasteiger partial charge on any atom is 0.261 e. The molecule has 23 heavy (non-hydrogen) atoms. The molecule has 3 N–H and O–H groups in total. The third kappa shape index (κ3) is 2.35. The number of aromatic nitrogens is 1. The number of fused-ring (bicyclic) bond motifs is 2. The summed E-state index contributed by atoms with van der Waals surface area (Å²) in [5, 5.41) is 3.49. The smallest absolute Gasteiger partial charge is 0.261 e. The SMILES string of the molecule is O=C1Cc2cc(S(=O)(=O)Nc3cccc4[nH]ccc34)ccc2N1. The van der Waals surface area contributed by atoms with Crippen LogP contribution in [0.4, 0.5) is 11.4 Å². The van der Waals surface area contributed by atoms with Crippen LogP contribution in [0.25, 0.3) is 10.9 Å². The molecule has 3 aromatic rings. The minimum atomic E-state index is -3.72. The van der Waals surface area contributed by atoms with Crippen molar-refractivity contribution in [3.63, 3.8) is 0 Å². The minimum Gasteiger partial charge on any atom is -0.361 e. The molecule has 116 valence electrons. The molecule has 0 saturated carbocycles. The zero-order chi connectivity index (χ0) is 16.0. The van der Waals surface area contributed by atoms with Crippen molar-refractivity contribution in [2.45, 2.75) is 11.3 Å². The van der Waals surface area contributed by atoms with Crippen molar-refractivity contribution in [1.82, 2.24) is 4.98 Å². The number of H-pyrrole nitrogens is 1. The van der Waals surface area contributed by atoms with Crippen LogP contribution in [-0.4, -0.2) is 19.3 Å². The second-order valence-corrected chi connectivity index (χ2v) is 7.08. The number of nitrogens with one attached hydrogen (secondary N) is 3. The van der Waals surface area contributed by atoms with Crippen LogP contribution >= 0.6 is 0 Å². The fourth-order valence-corrected chi connectivity index (χ4v) is 3.88. The first-order chi connectivity index (χ1) is 11.0. The van der Waals surface area contributed by atoms with E-state index in [2.05, 4.69) is 15.0 Å². The lowest BCUT2D eigenvalue weighted by Crippen LogP contribution is -2.13. The molecule has 0 atom stereocenters. The predicted octanol–water partition coefficient (Wildman–Crippen LogP) is 2.46. The Morgan fingerprint density at radius 1 is 1.09 bits per heavy atom. The van der Waals surface area contributed by atoms with Gasteiger partial charge in [-0.1, -0.05) is 6.07 Å². The van der Waals surface area contributed by atoms with Gasteiger partial charge in [-0.05, 0) is 42.0 Å². The van der Waals surface area contributed by atoms with E-state index in [1.807, 2.05) is 12.1 Å². The van der Waals surface area contributed by atoms with Gasteiger partial charge < -0.3 is 10.3 Å². The number of hydrogen-bond acceptors (Lipinski definition) is 3. The van der Waals surface area contributed by atoms with Crippen molar-refractivity contribution in [2.75, 3.05) is 10.0 Å². The zero-order valence-electron chi connectivity index (χ0n) is 12.0.